The van der Waals surface area contributed by atoms with Crippen LogP contribution in [0.5, 0.6) is 0 Å². The fraction of sp³-hybridized carbons (Fsp3) is 0. The van der Waals surface area contributed by atoms with Gasteiger partial charge in [0.05, 0.1) is 8.41 Å². The lowest BCUT2D eigenvalue weighted by atomic mass is 10.7. The largest absolute Gasteiger partial charge is 0.152 e. The summed E-state index contributed by atoms with van der Waals surface area (Å²) in [6.45, 7) is 6.00. The summed E-state index contributed by atoms with van der Waals surface area (Å²) in [6, 6.07) is 4.04. The van der Waals surface area contributed by atoms with Gasteiger partial charge in [0.2, 0.25) is 0 Å². The molecular weight excluding hydrogens is 115 g/mol. The number of hydrogen-bond donors (Lipinski definition) is 0. The molecule has 0 fully saturated rings. The van der Waals surface area contributed by atoms with Gasteiger partial charge in [0.15, 0.2) is 0 Å². The molecule has 1 rings (SSSR count). The maximum atomic E-state index is 3.00. The van der Waals surface area contributed by atoms with Crippen molar-refractivity contribution in [2.75, 3.05) is 0 Å². The molecule has 0 saturated carbocycles. The minimum absolute atomic E-state index is 0. The lowest BCUT2D eigenvalue weighted by molar-refractivity contribution is 2.03. The van der Waals surface area contributed by atoms with Crippen LogP contribution in [0.2, 0.25) is 0 Å². The lowest BCUT2D eigenvalue weighted by Crippen LogP contribution is -1.16. The van der Waals surface area contributed by atoms with Crippen LogP contribution < -0.4 is 0 Å². The molecule has 0 bridgehead atoms. The highest BCUT2D eigenvalue weighted by Crippen LogP contribution is 1.91. The van der Waals surface area contributed by atoms with E-state index in [-0.39, 0.29) is 8.41 Å². The van der Waals surface area contributed by atoms with Crippen molar-refractivity contribution in [1.29, 1.82) is 0 Å². The Bertz CT molecular complexity index is 75.4. The van der Waals surface area contributed by atoms with E-state index in [0.717, 1.165) is 0 Å². The molecule has 0 unspecified atom stereocenters. The zero-order valence-electron chi connectivity index (χ0n) is 4.13. The molecule has 1 aromatic heterocycles. The molecule has 0 aliphatic rings. The van der Waals surface area contributed by atoms with Crippen LogP contribution in [0.25, 0.3) is 0 Å². The summed E-state index contributed by atoms with van der Waals surface area (Å²) in [6.07, 6.45) is 0. The predicted octanol–water partition coefficient (Wildman–Crippen LogP) is 1.37. The molecule has 0 saturated heterocycles. The molecule has 44 valence electrons. The second-order valence-corrected chi connectivity index (χ2v) is 1.61. The Morgan fingerprint density at radius 3 is 1.50 bits per heavy atom. The van der Waals surface area contributed by atoms with E-state index < -0.39 is 0 Å². The molecule has 2 heteroatoms. The van der Waals surface area contributed by atoms with Gasteiger partial charge in [-0.2, -0.15) is 11.3 Å². The molecule has 0 radical (unpaired) electrons. The molecule has 0 spiro atoms. The van der Waals surface area contributed by atoms with Crippen LogP contribution in [0, 0.1) is 0 Å². The Morgan fingerprint density at radius 1 is 1.00 bits per heavy atom. The first-order valence-electron chi connectivity index (χ1n) is 1.97. The van der Waals surface area contributed by atoms with Crippen LogP contribution in [0.15, 0.2) is 36.1 Å². The standard InChI is InChI=1S/C4H4S.C2H4.BH3/c1-2-4-5-3-1;1-2;/h1-4H;1-2H2;1H3. The van der Waals surface area contributed by atoms with Crippen molar-refractivity contribution in [3.63, 3.8) is 0 Å². The Balaban J connectivity index is 0. The van der Waals surface area contributed by atoms with Crippen molar-refractivity contribution in [3.8, 4) is 0 Å². The second kappa shape index (κ2) is 9.71. The fourth-order valence-electron chi connectivity index (χ4n) is 0.227. The first kappa shape index (κ1) is 10.5. The summed E-state index contributed by atoms with van der Waals surface area (Å²) >= 11 is 1.71. The average Bonchev–Trinajstić information content (AvgIpc) is 2.23. The quantitative estimate of drug-likeness (QED) is 0.363. The predicted molar refractivity (Wildman–Crippen MR) is 45.5 cm³/mol. The minimum Gasteiger partial charge on any atom is -0.152 e. The summed E-state index contributed by atoms with van der Waals surface area (Å²) in [7, 11) is 0. The van der Waals surface area contributed by atoms with Crippen molar-refractivity contribution >= 4 is 19.7 Å². The van der Waals surface area contributed by atoms with E-state index in [9.17, 15) is 0 Å². The van der Waals surface area contributed by atoms with Crippen molar-refractivity contribution in [2.24, 2.45) is 0 Å². The molecule has 8 heavy (non-hydrogen) atoms. The van der Waals surface area contributed by atoms with Crippen LogP contribution in [-0.4, -0.2) is 8.41 Å². The van der Waals surface area contributed by atoms with E-state index in [2.05, 4.69) is 13.2 Å². The summed E-state index contributed by atoms with van der Waals surface area (Å²) in [5.74, 6) is 0. The zero-order chi connectivity index (χ0) is 5.54. The van der Waals surface area contributed by atoms with E-state index in [4.69, 9.17) is 0 Å². The van der Waals surface area contributed by atoms with Crippen molar-refractivity contribution in [3.05, 3.63) is 36.1 Å². The van der Waals surface area contributed by atoms with Gasteiger partial charge in [0, 0.05) is 0 Å². The third-order valence-electron chi connectivity index (χ3n) is 0.425. The number of thiophene rings is 1. The molecule has 0 amide bonds. The first-order valence-corrected chi connectivity index (χ1v) is 2.91. The first-order chi connectivity index (χ1) is 3.50. The van der Waals surface area contributed by atoms with Crippen molar-refractivity contribution in [2.45, 2.75) is 0 Å². The Kier molecular flexibility index (Phi) is 12.7. The van der Waals surface area contributed by atoms with Gasteiger partial charge in [-0.1, -0.05) is 12.1 Å². The molecular formula is C6H11BS. The molecule has 1 aromatic rings. The SMILES string of the molecule is B.C=C.c1ccsc1. The smallest absolute Gasteiger partial charge is 0.0814 e. The molecule has 1 heterocycles. The van der Waals surface area contributed by atoms with Crippen LogP contribution in [-0.2, 0) is 0 Å². The van der Waals surface area contributed by atoms with Gasteiger partial charge < -0.3 is 0 Å². The Labute approximate surface area is 56.4 Å². The van der Waals surface area contributed by atoms with Gasteiger partial charge in [0.25, 0.3) is 0 Å². The van der Waals surface area contributed by atoms with Gasteiger partial charge in [-0.3, -0.25) is 0 Å². The summed E-state index contributed by atoms with van der Waals surface area (Å²) in [4.78, 5) is 0. The van der Waals surface area contributed by atoms with Gasteiger partial charge in [-0.05, 0) is 10.8 Å². The van der Waals surface area contributed by atoms with Crippen LogP contribution in [0.4, 0.5) is 0 Å². The van der Waals surface area contributed by atoms with E-state index in [1.165, 1.54) is 0 Å². The van der Waals surface area contributed by atoms with Gasteiger partial charge >= 0.3 is 0 Å². The highest BCUT2D eigenvalue weighted by molar-refractivity contribution is 7.07. The monoisotopic (exact) mass is 126 g/mol. The van der Waals surface area contributed by atoms with Crippen LogP contribution >= 0.6 is 11.3 Å². The summed E-state index contributed by atoms with van der Waals surface area (Å²) in [5, 5.41) is 4.08. The summed E-state index contributed by atoms with van der Waals surface area (Å²) < 4.78 is 0. The molecule has 0 nitrogen and oxygen atoms in total. The molecule has 0 aliphatic carbocycles. The molecule has 0 N–H and O–H groups in total. The highest BCUT2D eigenvalue weighted by Gasteiger charge is 1.58. The van der Waals surface area contributed by atoms with E-state index in [1.807, 2.05) is 22.9 Å². The number of hydrogen-bond acceptors (Lipinski definition) is 1. The fourth-order valence-corrected chi connectivity index (χ4v) is 0.680. The van der Waals surface area contributed by atoms with Crippen LogP contribution in [0.1, 0.15) is 0 Å². The van der Waals surface area contributed by atoms with Gasteiger partial charge in [-0.15, -0.1) is 13.2 Å². The normalized spacial score (nSPS) is 5.50. The lowest BCUT2D eigenvalue weighted by Gasteiger charge is -1.39. The van der Waals surface area contributed by atoms with E-state index >= 15 is 0 Å². The molecule has 0 atom stereocenters. The zero-order valence-corrected chi connectivity index (χ0v) is 4.95. The molecule has 0 aromatic carbocycles. The maximum absolute atomic E-state index is 3.00. The number of rotatable bonds is 0. The van der Waals surface area contributed by atoms with Gasteiger partial charge in [-0.25, -0.2) is 0 Å². The third kappa shape index (κ3) is 5.50. The summed E-state index contributed by atoms with van der Waals surface area (Å²) in [5.41, 5.74) is 0. The highest BCUT2D eigenvalue weighted by atomic mass is 32.1. The van der Waals surface area contributed by atoms with Crippen molar-refractivity contribution < 1.29 is 0 Å². The topological polar surface area (TPSA) is 0 Å². The molecule has 0 aliphatic heterocycles. The van der Waals surface area contributed by atoms with E-state index in [1.54, 1.807) is 11.3 Å². The van der Waals surface area contributed by atoms with Gasteiger partial charge in [0.1, 0.15) is 0 Å². The average molecular weight is 126 g/mol. The third-order valence-corrected chi connectivity index (χ3v) is 1.05. The van der Waals surface area contributed by atoms with Crippen molar-refractivity contribution in [1.82, 2.24) is 0 Å². The van der Waals surface area contributed by atoms with E-state index in [0.29, 0.717) is 0 Å². The Morgan fingerprint density at radius 2 is 1.38 bits per heavy atom. The Hall–Kier alpha value is -0.495. The second-order valence-electron chi connectivity index (χ2n) is 0.793. The van der Waals surface area contributed by atoms with Crippen LogP contribution in [0.3, 0.4) is 0 Å². The maximum Gasteiger partial charge on any atom is 0.0814 e. The minimum atomic E-state index is 0.